The highest BCUT2D eigenvalue weighted by atomic mass is 16.7. The third-order valence-electron chi connectivity index (χ3n) is 4.70. The van der Waals surface area contributed by atoms with E-state index in [1.807, 2.05) is 0 Å². The number of pyridine rings is 1. The highest BCUT2D eigenvalue weighted by molar-refractivity contribution is 5.92. The zero-order valence-electron chi connectivity index (χ0n) is 15.1. The van der Waals surface area contributed by atoms with Gasteiger partial charge in [-0.15, -0.1) is 0 Å². The number of fused-ring (bicyclic) bond motifs is 1. The molecule has 0 radical (unpaired) electrons. The number of hydrogen-bond acceptors (Lipinski definition) is 8. The smallest absolute Gasteiger partial charge is 0.342 e. The normalized spacial score (nSPS) is 25.8. The molecule has 2 aliphatic heterocycles. The van der Waals surface area contributed by atoms with Crippen molar-refractivity contribution in [2.24, 2.45) is 0 Å². The molecule has 2 aromatic rings. The molecular weight excluding hydrogens is 366 g/mol. The Balaban J connectivity index is 1.38. The monoisotopic (exact) mass is 385 g/mol. The lowest BCUT2D eigenvalue weighted by Gasteiger charge is -2.17. The highest BCUT2D eigenvalue weighted by Crippen LogP contribution is 2.32. The first-order chi connectivity index (χ1) is 13.7. The minimum Gasteiger partial charge on any atom is -0.496 e. The molecule has 0 saturated carbocycles. The summed E-state index contributed by atoms with van der Waals surface area (Å²) < 4.78 is 27.7. The Labute approximate surface area is 161 Å². The average Bonchev–Trinajstić information content (AvgIpc) is 3.32. The van der Waals surface area contributed by atoms with Crippen LogP contribution in [-0.4, -0.2) is 61.7 Å². The van der Waals surface area contributed by atoms with Gasteiger partial charge in [0.05, 0.1) is 25.9 Å². The van der Waals surface area contributed by atoms with E-state index in [2.05, 4.69) is 4.98 Å². The van der Waals surface area contributed by atoms with Crippen molar-refractivity contribution < 1.29 is 33.3 Å². The Kier molecular flexibility index (Phi) is 5.23. The molecule has 1 aromatic carbocycles. The molecule has 0 spiro atoms. The molecule has 0 aliphatic carbocycles. The van der Waals surface area contributed by atoms with Gasteiger partial charge in [0.15, 0.2) is 12.2 Å². The van der Waals surface area contributed by atoms with E-state index < -0.39 is 36.4 Å². The van der Waals surface area contributed by atoms with Gasteiger partial charge in [0.25, 0.3) is 0 Å². The largest absolute Gasteiger partial charge is 0.496 e. The number of hydrogen-bond donors (Lipinski definition) is 0. The molecule has 28 heavy (non-hydrogen) atoms. The van der Waals surface area contributed by atoms with E-state index in [-0.39, 0.29) is 13.2 Å². The number of rotatable bonds is 5. The Hall–Kier alpha value is -2.97. The Morgan fingerprint density at radius 3 is 2.29 bits per heavy atom. The molecule has 0 N–H and O–H groups in total. The average molecular weight is 385 g/mol. The Morgan fingerprint density at radius 2 is 1.64 bits per heavy atom. The lowest BCUT2D eigenvalue weighted by Crippen LogP contribution is -2.36. The third-order valence-corrected chi connectivity index (χ3v) is 4.70. The van der Waals surface area contributed by atoms with E-state index in [9.17, 15) is 9.59 Å². The van der Waals surface area contributed by atoms with Crippen LogP contribution in [0.25, 0.3) is 0 Å². The number of carbonyl (C=O) groups is 2. The summed E-state index contributed by atoms with van der Waals surface area (Å²) in [5, 5.41) is 0. The molecule has 1 aromatic heterocycles. The number of carbonyl (C=O) groups excluding carboxylic acids is 2. The van der Waals surface area contributed by atoms with Crippen molar-refractivity contribution in [1.29, 1.82) is 0 Å². The van der Waals surface area contributed by atoms with Crippen LogP contribution in [0.1, 0.15) is 20.7 Å². The minimum atomic E-state index is -0.593. The van der Waals surface area contributed by atoms with Gasteiger partial charge in [-0.1, -0.05) is 12.1 Å². The summed E-state index contributed by atoms with van der Waals surface area (Å²) in [6.07, 6.45) is 0.855. The second-order valence-corrected chi connectivity index (χ2v) is 6.43. The van der Waals surface area contributed by atoms with E-state index in [0.717, 1.165) is 0 Å². The standard InChI is InChI=1S/C20H19NO7/c1-24-14-7-3-2-6-13(14)20(23)28-16-11-26-17-15(10-25-18(16)17)27-19(22)12-5-4-8-21-9-12/h2-9,15-18H,10-11H2,1H3/t15-,16+,17-,18-/m1/s1. The molecule has 0 unspecified atom stereocenters. The zero-order valence-corrected chi connectivity index (χ0v) is 15.1. The number of para-hydroxylation sites is 1. The number of benzene rings is 1. The first kappa shape index (κ1) is 18.4. The summed E-state index contributed by atoms with van der Waals surface area (Å²) in [6, 6.07) is 10.1. The van der Waals surface area contributed by atoms with Crippen molar-refractivity contribution in [2.45, 2.75) is 24.4 Å². The number of nitrogens with zero attached hydrogens (tertiary/aromatic N) is 1. The van der Waals surface area contributed by atoms with Gasteiger partial charge < -0.3 is 23.7 Å². The molecule has 4 atom stereocenters. The van der Waals surface area contributed by atoms with E-state index >= 15 is 0 Å². The fourth-order valence-corrected chi connectivity index (χ4v) is 3.33. The Morgan fingerprint density at radius 1 is 0.964 bits per heavy atom. The molecule has 0 bridgehead atoms. The molecule has 8 heteroatoms. The van der Waals surface area contributed by atoms with Gasteiger partial charge in [-0.2, -0.15) is 0 Å². The van der Waals surface area contributed by atoms with E-state index in [0.29, 0.717) is 16.9 Å². The van der Waals surface area contributed by atoms with Crippen LogP contribution in [0.3, 0.4) is 0 Å². The van der Waals surface area contributed by atoms with E-state index in [4.69, 9.17) is 23.7 Å². The fourth-order valence-electron chi connectivity index (χ4n) is 3.33. The molecule has 0 amide bonds. The van der Waals surface area contributed by atoms with Crippen molar-refractivity contribution >= 4 is 11.9 Å². The first-order valence-electron chi connectivity index (χ1n) is 8.85. The predicted molar refractivity (Wildman–Crippen MR) is 95.1 cm³/mol. The van der Waals surface area contributed by atoms with Gasteiger partial charge in [0, 0.05) is 12.4 Å². The summed E-state index contributed by atoms with van der Waals surface area (Å²) in [6.45, 7) is 0.335. The molecule has 3 heterocycles. The van der Waals surface area contributed by atoms with Crippen molar-refractivity contribution in [3.8, 4) is 5.75 Å². The predicted octanol–water partition coefficient (Wildman–Crippen LogP) is 1.64. The summed E-state index contributed by atoms with van der Waals surface area (Å²) in [5.74, 6) is -0.592. The topological polar surface area (TPSA) is 93.2 Å². The second kappa shape index (κ2) is 7.95. The van der Waals surface area contributed by atoms with Crippen LogP contribution in [0.4, 0.5) is 0 Å². The minimum absolute atomic E-state index is 0.164. The number of esters is 2. The van der Waals surface area contributed by atoms with Crippen LogP contribution in [0.5, 0.6) is 5.75 Å². The third kappa shape index (κ3) is 3.56. The van der Waals surface area contributed by atoms with Gasteiger partial charge in [-0.3, -0.25) is 4.98 Å². The van der Waals surface area contributed by atoms with Crippen LogP contribution in [0, 0.1) is 0 Å². The maximum Gasteiger partial charge on any atom is 0.342 e. The number of ether oxygens (including phenoxy) is 5. The molecule has 4 rings (SSSR count). The zero-order chi connectivity index (χ0) is 19.5. The quantitative estimate of drug-likeness (QED) is 0.717. The fraction of sp³-hybridized carbons (Fsp3) is 0.350. The first-order valence-corrected chi connectivity index (χ1v) is 8.85. The molecule has 146 valence electrons. The van der Waals surface area contributed by atoms with Crippen molar-refractivity contribution in [2.75, 3.05) is 20.3 Å². The van der Waals surface area contributed by atoms with Crippen LogP contribution in [0.2, 0.25) is 0 Å². The van der Waals surface area contributed by atoms with Gasteiger partial charge in [-0.25, -0.2) is 9.59 Å². The number of aromatic nitrogens is 1. The Bertz CT molecular complexity index is 857. The maximum absolute atomic E-state index is 12.5. The van der Waals surface area contributed by atoms with Crippen molar-refractivity contribution in [1.82, 2.24) is 4.98 Å². The van der Waals surface area contributed by atoms with Crippen LogP contribution >= 0.6 is 0 Å². The summed E-state index contributed by atoms with van der Waals surface area (Å²) in [5.41, 5.74) is 0.675. The lowest BCUT2D eigenvalue weighted by atomic mass is 10.1. The van der Waals surface area contributed by atoms with Crippen molar-refractivity contribution in [3.05, 3.63) is 59.9 Å². The summed E-state index contributed by atoms with van der Waals surface area (Å²) in [4.78, 5) is 28.6. The highest BCUT2D eigenvalue weighted by Gasteiger charge is 2.51. The van der Waals surface area contributed by atoms with E-state index in [1.54, 1.807) is 42.6 Å². The second-order valence-electron chi connectivity index (χ2n) is 6.43. The summed E-state index contributed by atoms with van der Waals surface area (Å²) in [7, 11) is 1.49. The molecule has 2 saturated heterocycles. The van der Waals surface area contributed by atoms with E-state index in [1.165, 1.54) is 13.3 Å². The lowest BCUT2D eigenvalue weighted by molar-refractivity contribution is -0.0288. The van der Waals surface area contributed by atoms with Gasteiger partial charge in [-0.05, 0) is 24.3 Å². The molecule has 2 fully saturated rings. The van der Waals surface area contributed by atoms with Gasteiger partial charge in [0.2, 0.25) is 0 Å². The van der Waals surface area contributed by atoms with Crippen LogP contribution < -0.4 is 4.74 Å². The maximum atomic E-state index is 12.5. The molecule has 2 aliphatic rings. The van der Waals surface area contributed by atoms with Crippen LogP contribution in [-0.2, 0) is 18.9 Å². The molecule has 8 nitrogen and oxygen atoms in total. The molecular formula is C20H19NO7. The van der Waals surface area contributed by atoms with Crippen LogP contribution in [0.15, 0.2) is 48.8 Å². The SMILES string of the molecule is COc1ccccc1C(=O)O[C@H]1CO[C@H]2[C@@H]1OC[C@H]2OC(=O)c1cccnc1. The number of methoxy groups -OCH3 is 1. The van der Waals surface area contributed by atoms with Gasteiger partial charge >= 0.3 is 11.9 Å². The summed E-state index contributed by atoms with van der Waals surface area (Å²) >= 11 is 0. The van der Waals surface area contributed by atoms with Gasteiger partial charge in [0.1, 0.15) is 23.5 Å². The van der Waals surface area contributed by atoms with Crippen molar-refractivity contribution in [3.63, 3.8) is 0 Å².